The molecule has 5 heteroatoms. The van der Waals surface area contributed by atoms with Crippen molar-refractivity contribution in [2.75, 3.05) is 11.5 Å². The second kappa shape index (κ2) is 6.81. The maximum absolute atomic E-state index is 11.4. The number of aromatic carboxylic acids is 1. The predicted octanol–water partition coefficient (Wildman–Crippen LogP) is 3.36. The second-order valence-corrected chi connectivity index (χ2v) is 5.96. The van der Waals surface area contributed by atoms with E-state index in [0.717, 1.165) is 11.5 Å². The molecular formula is C15H19NO3S. The van der Waals surface area contributed by atoms with E-state index in [9.17, 15) is 9.90 Å². The topological polar surface area (TPSA) is 62.5 Å². The summed E-state index contributed by atoms with van der Waals surface area (Å²) in [5.74, 6) is 1.63. The number of benzene rings is 1. The van der Waals surface area contributed by atoms with Crippen molar-refractivity contribution in [3.05, 3.63) is 35.6 Å². The molecule has 108 valence electrons. The SMILES string of the molecule is CCSCC(C)NCc1oc2ccccc2c1C(=O)O. The number of rotatable bonds is 7. The lowest BCUT2D eigenvalue weighted by molar-refractivity contribution is 0.0696. The minimum Gasteiger partial charge on any atom is -0.478 e. The van der Waals surface area contributed by atoms with E-state index in [0.29, 0.717) is 29.3 Å². The molecule has 0 fully saturated rings. The minimum atomic E-state index is -0.942. The molecule has 4 nitrogen and oxygen atoms in total. The first kappa shape index (κ1) is 14.9. The number of carboxylic acid groups (broad SMARTS) is 1. The van der Waals surface area contributed by atoms with Crippen LogP contribution in [0.4, 0.5) is 0 Å². The number of fused-ring (bicyclic) bond motifs is 1. The standard InChI is InChI=1S/C15H19NO3S/c1-3-20-9-10(2)16-8-13-14(15(17)18)11-6-4-5-7-12(11)19-13/h4-7,10,16H,3,8-9H2,1-2H3,(H,17,18). The molecule has 0 bridgehead atoms. The normalized spacial score (nSPS) is 12.7. The van der Waals surface area contributed by atoms with Gasteiger partial charge in [-0.2, -0.15) is 11.8 Å². The van der Waals surface area contributed by atoms with E-state index in [1.165, 1.54) is 0 Å². The Labute approximate surface area is 122 Å². The van der Waals surface area contributed by atoms with Crippen LogP contribution < -0.4 is 5.32 Å². The van der Waals surface area contributed by atoms with E-state index in [-0.39, 0.29) is 5.56 Å². The number of para-hydroxylation sites is 1. The van der Waals surface area contributed by atoms with E-state index >= 15 is 0 Å². The Balaban J connectivity index is 2.17. The monoisotopic (exact) mass is 293 g/mol. The fourth-order valence-corrected chi connectivity index (χ4v) is 2.78. The first-order valence-corrected chi connectivity index (χ1v) is 7.83. The van der Waals surface area contributed by atoms with Gasteiger partial charge in [0, 0.05) is 17.2 Å². The average molecular weight is 293 g/mol. The van der Waals surface area contributed by atoms with E-state index in [2.05, 4.69) is 19.2 Å². The Morgan fingerprint density at radius 2 is 2.20 bits per heavy atom. The lowest BCUT2D eigenvalue weighted by Gasteiger charge is -2.11. The van der Waals surface area contributed by atoms with Crippen LogP contribution in [0.5, 0.6) is 0 Å². The molecule has 1 aromatic carbocycles. The third-order valence-corrected chi connectivity index (χ3v) is 4.21. The van der Waals surface area contributed by atoms with Gasteiger partial charge >= 0.3 is 5.97 Å². The summed E-state index contributed by atoms with van der Waals surface area (Å²) in [5, 5.41) is 13.3. The van der Waals surface area contributed by atoms with Crippen LogP contribution in [0.25, 0.3) is 11.0 Å². The van der Waals surface area contributed by atoms with Gasteiger partial charge in [0.15, 0.2) is 0 Å². The molecule has 0 aliphatic heterocycles. The summed E-state index contributed by atoms with van der Waals surface area (Å²) in [6.07, 6.45) is 0. The number of carbonyl (C=O) groups is 1. The van der Waals surface area contributed by atoms with Gasteiger partial charge in [-0.15, -0.1) is 0 Å². The molecule has 1 unspecified atom stereocenters. The maximum atomic E-state index is 11.4. The largest absolute Gasteiger partial charge is 0.478 e. The fourth-order valence-electron chi connectivity index (χ4n) is 2.08. The second-order valence-electron chi connectivity index (χ2n) is 4.64. The summed E-state index contributed by atoms with van der Waals surface area (Å²) in [7, 11) is 0. The van der Waals surface area contributed by atoms with E-state index in [4.69, 9.17) is 4.42 Å². The summed E-state index contributed by atoms with van der Waals surface area (Å²) >= 11 is 1.86. The van der Waals surface area contributed by atoms with Crippen LogP contribution in [-0.4, -0.2) is 28.6 Å². The van der Waals surface area contributed by atoms with E-state index in [1.54, 1.807) is 12.1 Å². The molecule has 1 heterocycles. The van der Waals surface area contributed by atoms with Crippen molar-refractivity contribution in [3.8, 4) is 0 Å². The van der Waals surface area contributed by atoms with Gasteiger partial charge in [0.1, 0.15) is 16.9 Å². The summed E-state index contributed by atoms with van der Waals surface area (Å²) in [6.45, 7) is 4.65. The van der Waals surface area contributed by atoms with Crippen LogP contribution in [0.3, 0.4) is 0 Å². The van der Waals surface area contributed by atoms with Gasteiger partial charge in [-0.25, -0.2) is 4.79 Å². The maximum Gasteiger partial charge on any atom is 0.339 e. The molecule has 0 spiro atoms. The molecule has 0 radical (unpaired) electrons. The molecule has 20 heavy (non-hydrogen) atoms. The van der Waals surface area contributed by atoms with Gasteiger partial charge in [-0.3, -0.25) is 0 Å². The molecule has 0 saturated heterocycles. The number of furan rings is 1. The zero-order chi connectivity index (χ0) is 14.5. The highest BCUT2D eigenvalue weighted by molar-refractivity contribution is 7.99. The van der Waals surface area contributed by atoms with Gasteiger partial charge in [-0.1, -0.05) is 25.1 Å². The molecule has 0 amide bonds. The van der Waals surface area contributed by atoms with Crippen molar-refractivity contribution in [1.82, 2.24) is 5.32 Å². The van der Waals surface area contributed by atoms with Crippen LogP contribution in [0, 0.1) is 0 Å². The predicted molar refractivity (Wildman–Crippen MR) is 82.5 cm³/mol. The number of hydrogen-bond donors (Lipinski definition) is 2. The van der Waals surface area contributed by atoms with Gasteiger partial charge in [0.25, 0.3) is 0 Å². The Morgan fingerprint density at radius 3 is 2.90 bits per heavy atom. The number of thioether (sulfide) groups is 1. The van der Waals surface area contributed by atoms with Crippen molar-refractivity contribution in [3.63, 3.8) is 0 Å². The quantitative estimate of drug-likeness (QED) is 0.819. The third-order valence-electron chi connectivity index (χ3n) is 3.07. The van der Waals surface area contributed by atoms with Gasteiger partial charge in [-0.05, 0) is 18.7 Å². The summed E-state index contributed by atoms with van der Waals surface area (Å²) in [6, 6.07) is 7.55. The Morgan fingerprint density at radius 1 is 1.45 bits per heavy atom. The molecule has 0 aliphatic rings. The van der Waals surface area contributed by atoms with Crippen molar-refractivity contribution in [1.29, 1.82) is 0 Å². The van der Waals surface area contributed by atoms with Crippen molar-refractivity contribution in [2.24, 2.45) is 0 Å². The Kier molecular flexibility index (Phi) is 5.09. The summed E-state index contributed by atoms with van der Waals surface area (Å²) in [5.41, 5.74) is 0.890. The van der Waals surface area contributed by atoms with Crippen molar-refractivity contribution < 1.29 is 14.3 Å². The van der Waals surface area contributed by atoms with Crippen LogP contribution in [0.1, 0.15) is 30.0 Å². The summed E-state index contributed by atoms with van der Waals surface area (Å²) in [4.78, 5) is 11.4. The summed E-state index contributed by atoms with van der Waals surface area (Å²) < 4.78 is 5.67. The Bertz CT molecular complexity index is 594. The van der Waals surface area contributed by atoms with E-state index < -0.39 is 5.97 Å². The molecule has 2 aromatic rings. The fraction of sp³-hybridized carbons (Fsp3) is 0.400. The zero-order valence-electron chi connectivity index (χ0n) is 11.7. The number of carboxylic acids is 1. The van der Waals surface area contributed by atoms with E-state index in [1.807, 2.05) is 23.9 Å². The van der Waals surface area contributed by atoms with Crippen LogP contribution >= 0.6 is 11.8 Å². The van der Waals surface area contributed by atoms with Gasteiger partial charge in [0.2, 0.25) is 0 Å². The molecule has 0 aliphatic carbocycles. The first-order chi connectivity index (χ1) is 9.63. The first-order valence-electron chi connectivity index (χ1n) is 6.68. The molecule has 0 saturated carbocycles. The third kappa shape index (κ3) is 3.35. The van der Waals surface area contributed by atoms with Gasteiger partial charge in [0.05, 0.1) is 6.54 Å². The highest BCUT2D eigenvalue weighted by Gasteiger charge is 2.19. The molecule has 1 atom stereocenters. The minimum absolute atomic E-state index is 0.267. The number of nitrogens with one attached hydrogen (secondary N) is 1. The smallest absolute Gasteiger partial charge is 0.339 e. The zero-order valence-corrected chi connectivity index (χ0v) is 12.5. The van der Waals surface area contributed by atoms with Gasteiger partial charge < -0.3 is 14.8 Å². The highest BCUT2D eigenvalue weighted by Crippen LogP contribution is 2.25. The lowest BCUT2D eigenvalue weighted by atomic mass is 10.1. The van der Waals surface area contributed by atoms with Crippen LogP contribution in [0.15, 0.2) is 28.7 Å². The number of hydrogen-bond acceptors (Lipinski definition) is 4. The molecule has 1 aromatic heterocycles. The van der Waals surface area contributed by atoms with Crippen molar-refractivity contribution in [2.45, 2.75) is 26.4 Å². The molecule has 2 rings (SSSR count). The Hall–Kier alpha value is -1.46. The lowest BCUT2D eigenvalue weighted by Crippen LogP contribution is -2.28. The average Bonchev–Trinajstić information content (AvgIpc) is 2.81. The highest BCUT2D eigenvalue weighted by atomic mass is 32.2. The van der Waals surface area contributed by atoms with Crippen LogP contribution in [0.2, 0.25) is 0 Å². The van der Waals surface area contributed by atoms with Crippen molar-refractivity contribution >= 4 is 28.7 Å². The molecule has 2 N–H and O–H groups in total. The molecular weight excluding hydrogens is 274 g/mol. The van der Waals surface area contributed by atoms with Crippen LogP contribution in [-0.2, 0) is 6.54 Å².